The lowest BCUT2D eigenvalue weighted by Crippen LogP contribution is -2.49. The summed E-state index contributed by atoms with van der Waals surface area (Å²) in [5, 5.41) is 8.18. The summed E-state index contributed by atoms with van der Waals surface area (Å²) in [7, 11) is 1.87. The van der Waals surface area contributed by atoms with Gasteiger partial charge in [0.15, 0.2) is 0 Å². The molecule has 3 aromatic rings. The van der Waals surface area contributed by atoms with Crippen LogP contribution < -0.4 is 4.90 Å². The van der Waals surface area contributed by atoms with Gasteiger partial charge in [-0.05, 0) is 66.6 Å². The van der Waals surface area contributed by atoms with Crippen molar-refractivity contribution in [3.63, 3.8) is 0 Å². The van der Waals surface area contributed by atoms with Crippen LogP contribution in [-0.2, 0) is 42.9 Å². The van der Waals surface area contributed by atoms with Crippen molar-refractivity contribution in [3.8, 4) is 0 Å². The van der Waals surface area contributed by atoms with E-state index in [1.54, 1.807) is 18.5 Å². The molecular weight excluding hydrogens is 538 g/mol. The van der Waals surface area contributed by atoms with Crippen molar-refractivity contribution < 1.29 is 27.1 Å². The number of benzene rings is 2. The maximum atomic E-state index is 14.3. The van der Waals surface area contributed by atoms with E-state index in [0.717, 1.165) is 24.2 Å². The molecule has 7 rings (SSSR count). The number of nitrogens with zero attached hydrogens (tertiary/aromatic N) is 5. The molecule has 0 spiro atoms. The minimum Gasteiger partial charge on any atom is -0.379 e. The number of carbonyl (C=O) groups excluding carboxylic acids is 1. The molecule has 0 aliphatic carbocycles. The van der Waals surface area contributed by atoms with Crippen molar-refractivity contribution in [3.05, 3.63) is 76.4 Å². The van der Waals surface area contributed by atoms with Crippen molar-refractivity contribution in [2.45, 2.75) is 75.0 Å². The summed E-state index contributed by atoms with van der Waals surface area (Å²) in [6.07, 6.45) is -0.690. The Morgan fingerprint density at radius 1 is 1.10 bits per heavy atom. The van der Waals surface area contributed by atoms with E-state index in [-0.39, 0.29) is 41.7 Å². The van der Waals surface area contributed by atoms with E-state index >= 15 is 0 Å². The molecule has 1 unspecified atom stereocenters. The number of alkyl halides is 4. The molecule has 4 aliphatic heterocycles. The van der Waals surface area contributed by atoms with Gasteiger partial charge >= 0.3 is 6.18 Å². The zero-order valence-corrected chi connectivity index (χ0v) is 22.7. The second kappa shape index (κ2) is 9.62. The van der Waals surface area contributed by atoms with Crippen LogP contribution in [0.15, 0.2) is 42.7 Å². The number of aromatic nitrogens is 3. The summed E-state index contributed by atoms with van der Waals surface area (Å²) in [6.45, 7) is 1.07. The quantitative estimate of drug-likeness (QED) is 0.393. The highest BCUT2D eigenvalue weighted by Crippen LogP contribution is 2.43. The molecule has 2 bridgehead atoms. The Hall–Kier alpha value is -3.31. The van der Waals surface area contributed by atoms with Crippen molar-refractivity contribution in [2.75, 3.05) is 18.1 Å². The lowest BCUT2D eigenvalue weighted by molar-refractivity contribution is -0.138. The number of carbonyl (C=O) groups is 1. The second-order valence-corrected chi connectivity index (χ2v) is 12.0. The van der Waals surface area contributed by atoms with Crippen molar-refractivity contribution in [2.24, 2.45) is 7.05 Å². The summed E-state index contributed by atoms with van der Waals surface area (Å²) < 4.78 is 64.6. The summed E-state index contributed by atoms with van der Waals surface area (Å²) in [4.78, 5) is 17.3. The molecule has 7 nitrogen and oxygen atoms in total. The average molecular weight is 570 g/mol. The number of piperidine rings is 1. The Labute approximate surface area is 235 Å². The Morgan fingerprint density at radius 2 is 1.85 bits per heavy atom. The highest BCUT2D eigenvalue weighted by molar-refractivity contribution is 6.10. The molecule has 5 heterocycles. The third kappa shape index (κ3) is 4.53. The molecule has 3 fully saturated rings. The van der Waals surface area contributed by atoms with Gasteiger partial charge in [-0.3, -0.25) is 9.69 Å². The van der Waals surface area contributed by atoms with Gasteiger partial charge in [0.1, 0.15) is 18.3 Å². The van der Waals surface area contributed by atoms with Gasteiger partial charge in [0.25, 0.3) is 5.91 Å². The third-order valence-corrected chi connectivity index (χ3v) is 9.43. The fraction of sp³-hybridized carbons (Fsp3) is 0.500. The van der Waals surface area contributed by atoms with Crippen molar-refractivity contribution in [1.29, 1.82) is 0 Å². The first kappa shape index (κ1) is 26.6. The number of fused-ring (bicyclic) bond motifs is 3. The molecule has 1 amide bonds. The molecule has 0 radical (unpaired) electrons. The van der Waals surface area contributed by atoms with E-state index in [1.807, 2.05) is 29.8 Å². The SMILES string of the molecule is Cn1cnnc1CC1(c2cccc(N3Cc4c(cc(CN5[C@@H]6CC[C@H]5CC(F)C6)cc4C(F)(F)F)C3=O)c2)COC1. The zero-order valence-electron chi connectivity index (χ0n) is 22.7. The molecular formula is C30H31F4N5O2. The number of halogens is 4. The van der Waals surface area contributed by atoms with Crippen molar-refractivity contribution >= 4 is 11.6 Å². The molecule has 4 aliphatic rings. The molecule has 216 valence electrons. The van der Waals surface area contributed by atoms with E-state index in [0.29, 0.717) is 43.7 Å². The van der Waals surface area contributed by atoms with Crippen LogP contribution in [0.5, 0.6) is 0 Å². The topological polar surface area (TPSA) is 63.5 Å². The smallest absolute Gasteiger partial charge is 0.379 e. The van der Waals surface area contributed by atoms with E-state index in [9.17, 15) is 22.4 Å². The molecule has 0 N–H and O–H groups in total. The van der Waals surface area contributed by atoms with Gasteiger partial charge in [-0.15, -0.1) is 10.2 Å². The normalized spacial score (nSPS) is 25.4. The summed E-state index contributed by atoms with van der Waals surface area (Å²) in [5.41, 5.74) is 0.904. The fourth-order valence-electron chi connectivity index (χ4n) is 7.19. The Morgan fingerprint density at radius 3 is 2.49 bits per heavy atom. The van der Waals surface area contributed by atoms with Crippen molar-refractivity contribution in [1.82, 2.24) is 19.7 Å². The van der Waals surface area contributed by atoms with E-state index in [4.69, 9.17) is 4.74 Å². The molecule has 41 heavy (non-hydrogen) atoms. The largest absolute Gasteiger partial charge is 0.416 e. The maximum Gasteiger partial charge on any atom is 0.416 e. The Kier molecular flexibility index (Phi) is 6.24. The summed E-state index contributed by atoms with van der Waals surface area (Å²) in [6, 6.07) is 10.3. The highest BCUT2D eigenvalue weighted by Gasteiger charge is 2.45. The first-order valence-corrected chi connectivity index (χ1v) is 14.1. The van der Waals surface area contributed by atoms with Crippen LogP contribution in [0, 0.1) is 0 Å². The minimum absolute atomic E-state index is 0.00265. The Balaban J connectivity index is 1.19. The van der Waals surface area contributed by atoms with Gasteiger partial charge in [-0.1, -0.05) is 12.1 Å². The number of amides is 1. The first-order chi connectivity index (χ1) is 19.6. The molecule has 1 aromatic heterocycles. The average Bonchev–Trinajstić information content (AvgIpc) is 3.54. The van der Waals surface area contributed by atoms with Crippen LogP contribution in [0.2, 0.25) is 0 Å². The van der Waals surface area contributed by atoms with Gasteiger partial charge in [0, 0.05) is 48.8 Å². The zero-order chi connectivity index (χ0) is 28.5. The monoisotopic (exact) mass is 569 g/mol. The van der Waals surface area contributed by atoms with Crippen LogP contribution in [0.3, 0.4) is 0 Å². The number of hydrogen-bond acceptors (Lipinski definition) is 5. The predicted octanol–water partition coefficient (Wildman–Crippen LogP) is 4.97. The molecule has 2 aromatic carbocycles. The summed E-state index contributed by atoms with van der Waals surface area (Å²) in [5.74, 6) is 0.358. The van der Waals surface area contributed by atoms with Crippen LogP contribution in [-0.4, -0.2) is 57.0 Å². The second-order valence-electron chi connectivity index (χ2n) is 12.0. The van der Waals surface area contributed by atoms with Gasteiger partial charge < -0.3 is 14.2 Å². The number of hydrogen-bond donors (Lipinski definition) is 0. The molecule has 0 saturated carbocycles. The van der Waals surface area contributed by atoms with Crippen LogP contribution in [0.4, 0.5) is 23.2 Å². The molecule has 3 saturated heterocycles. The fourth-order valence-corrected chi connectivity index (χ4v) is 7.19. The van der Waals surface area contributed by atoms with Crippen LogP contribution in [0.1, 0.15) is 64.1 Å². The summed E-state index contributed by atoms with van der Waals surface area (Å²) >= 11 is 0. The number of anilines is 1. The van der Waals surface area contributed by atoms with Crippen LogP contribution >= 0.6 is 0 Å². The lowest BCUT2D eigenvalue weighted by atomic mass is 9.75. The molecule has 3 atom stereocenters. The molecule has 11 heteroatoms. The Bertz CT molecular complexity index is 1490. The standard InChI is InChI=1S/C30H31F4N5O2/c1-37-17-35-36-27(37)12-29(15-41-16-29)19-3-2-4-21(9-19)39-14-25-24(28(39)40)7-18(8-26(25)30(32,33)34)13-38-22-5-6-23(38)11-20(31)10-22/h2-4,7-9,17,20,22-23H,5-6,10-16H2,1H3/t20?,22-,23+. The van der Waals surface area contributed by atoms with Gasteiger partial charge in [0.2, 0.25) is 0 Å². The minimum atomic E-state index is -4.60. The number of rotatable bonds is 6. The van der Waals surface area contributed by atoms with Gasteiger partial charge in [-0.25, -0.2) is 4.39 Å². The number of aryl methyl sites for hydroxylation is 1. The van der Waals surface area contributed by atoms with Gasteiger partial charge in [-0.2, -0.15) is 13.2 Å². The number of ether oxygens (including phenoxy) is 1. The predicted molar refractivity (Wildman–Crippen MR) is 142 cm³/mol. The van der Waals surface area contributed by atoms with Gasteiger partial charge in [0.05, 0.1) is 25.3 Å². The van der Waals surface area contributed by atoms with E-state index in [1.165, 1.54) is 11.0 Å². The van der Waals surface area contributed by atoms with E-state index < -0.39 is 23.8 Å². The third-order valence-electron chi connectivity index (χ3n) is 9.43. The van der Waals surface area contributed by atoms with E-state index in [2.05, 4.69) is 15.1 Å². The highest BCUT2D eigenvalue weighted by atomic mass is 19.4. The lowest BCUT2D eigenvalue weighted by Gasteiger charge is -2.42. The maximum absolute atomic E-state index is 14.3. The first-order valence-electron chi connectivity index (χ1n) is 14.1. The van der Waals surface area contributed by atoms with Crippen LogP contribution in [0.25, 0.3) is 0 Å².